The van der Waals surface area contributed by atoms with Gasteiger partial charge in [0.25, 0.3) is 0 Å². The number of hydrogen-bond donors (Lipinski definition) is 0. The second-order valence-electron chi connectivity index (χ2n) is 2.15. The maximum atomic E-state index is 10.8. The molecule has 50 valence electrons. The number of halogens is 1. The van der Waals surface area contributed by atoms with Crippen molar-refractivity contribution < 1.29 is 9.53 Å². The molecule has 0 spiro atoms. The normalized spacial score (nSPS) is 32.9. The third-order valence-corrected chi connectivity index (χ3v) is 1.83. The zero-order chi connectivity index (χ0) is 6.91. The molecule has 0 radical (unpaired) electrons. The van der Waals surface area contributed by atoms with Gasteiger partial charge in [-0.15, -0.1) is 11.6 Å². The van der Waals surface area contributed by atoms with Crippen molar-refractivity contribution in [3.05, 3.63) is 12.3 Å². The average molecular weight is 147 g/mol. The number of alkyl halides is 1. The van der Waals surface area contributed by atoms with Crippen molar-refractivity contribution in [3.63, 3.8) is 0 Å². The summed E-state index contributed by atoms with van der Waals surface area (Å²) in [5.74, 6) is 0.149. The van der Waals surface area contributed by atoms with E-state index in [1.165, 1.54) is 12.3 Å². The van der Waals surface area contributed by atoms with Gasteiger partial charge in [-0.2, -0.15) is 0 Å². The van der Waals surface area contributed by atoms with Crippen molar-refractivity contribution in [1.82, 2.24) is 0 Å². The molecule has 0 fully saturated rings. The van der Waals surface area contributed by atoms with E-state index in [2.05, 4.69) is 0 Å². The lowest BCUT2D eigenvalue weighted by atomic mass is 10.1. The molecule has 1 unspecified atom stereocenters. The van der Waals surface area contributed by atoms with Gasteiger partial charge >= 0.3 is 0 Å². The Bertz CT molecular complexity index is 164. The standard InChI is InChI=1S/C6H7ClO2/c1-6(4-7)5(8)2-3-9-6/h2-3H,4H2,1H3. The predicted molar refractivity (Wildman–Crippen MR) is 34.4 cm³/mol. The first-order valence-electron chi connectivity index (χ1n) is 2.64. The molecule has 0 N–H and O–H groups in total. The molecule has 0 aromatic heterocycles. The third kappa shape index (κ3) is 0.944. The second kappa shape index (κ2) is 2.03. The monoisotopic (exact) mass is 146 g/mol. The molecule has 1 rings (SSSR count). The van der Waals surface area contributed by atoms with E-state index in [1.807, 2.05) is 0 Å². The second-order valence-corrected chi connectivity index (χ2v) is 2.42. The zero-order valence-electron chi connectivity index (χ0n) is 5.06. The van der Waals surface area contributed by atoms with Gasteiger partial charge in [-0.25, -0.2) is 0 Å². The van der Waals surface area contributed by atoms with Crippen LogP contribution in [0, 0.1) is 0 Å². The Morgan fingerprint density at radius 2 is 2.56 bits per heavy atom. The summed E-state index contributed by atoms with van der Waals surface area (Å²) in [5, 5.41) is 0. The summed E-state index contributed by atoms with van der Waals surface area (Å²) in [5.41, 5.74) is -0.790. The Morgan fingerprint density at radius 1 is 1.89 bits per heavy atom. The van der Waals surface area contributed by atoms with E-state index in [0.717, 1.165) is 0 Å². The average Bonchev–Trinajstić information content (AvgIpc) is 2.15. The maximum absolute atomic E-state index is 10.8. The number of carbonyl (C=O) groups excluding carboxylic acids is 1. The summed E-state index contributed by atoms with van der Waals surface area (Å²) in [7, 11) is 0. The zero-order valence-corrected chi connectivity index (χ0v) is 5.81. The summed E-state index contributed by atoms with van der Waals surface area (Å²) in [4.78, 5) is 10.8. The van der Waals surface area contributed by atoms with Gasteiger partial charge in [-0.1, -0.05) is 0 Å². The first-order valence-corrected chi connectivity index (χ1v) is 3.17. The van der Waals surface area contributed by atoms with E-state index in [-0.39, 0.29) is 11.7 Å². The Labute approximate surface area is 58.4 Å². The lowest BCUT2D eigenvalue weighted by Gasteiger charge is -2.17. The molecule has 9 heavy (non-hydrogen) atoms. The summed E-state index contributed by atoms with van der Waals surface area (Å²) < 4.78 is 4.94. The largest absolute Gasteiger partial charge is 0.486 e. The van der Waals surface area contributed by atoms with Gasteiger partial charge in [0.15, 0.2) is 5.60 Å². The van der Waals surface area contributed by atoms with E-state index < -0.39 is 5.60 Å². The molecule has 0 saturated heterocycles. The van der Waals surface area contributed by atoms with Crippen LogP contribution < -0.4 is 0 Å². The van der Waals surface area contributed by atoms with Crippen LogP contribution >= 0.6 is 11.6 Å². The van der Waals surface area contributed by atoms with Crippen LogP contribution in [0.4, 0.5) is 0 Å². The quantitative estimate of drug-likeness (QED) is 0.518. The van der Waals surface area contributed by atoms with E-state index >= 15 is 0 Å². The van der Waals surface area contributed by atoms with Gasteiger partial charge in [0.1, 0.15) is 0 Å². The van der Waals surface area contributed by atoms with Gasteiger partial charge in [0.2, 0.25) is 5.78 Å². The molecule has 0 aliphatic carbocycles. The molecule has 1 aliphatic heterocycles. The molecule has 1 heterocycles. The fraction of sp³-hybridized carbons (Fsp3) is 0.500. The Balaban J connectivity index is 2.74. The topological polar surface area (TPSA) is 26.3 Å². The smallest absolute Gasteiger partial charge is 0.203 e. The molecular formula is C6H7ClO2. The van der Waals surface area contributed by atoms with Crippen LogP contribution in [0.25, 0.3) is 0 Å². The van der Waals surface area contributed by atoms with E-state index in [9.17, 15) is 4.79 Å². The number of rotatable bonds is 1. The van der Waals surface area contributed by atoms with Crippen molar-refractivity contribution in [2.75, 3.05) is 5.88 Å². The van der Waals surface area contributed by atoms with E-state index in [1.54, 1.807) is 6.92 Å². The number of ether oxygens (including phenoxy) is 1. The summed E-state index contributed by atoms with van der Waals surface area (Å²) in [6.45, 7) is 1.67. The molecule has 0 aromatic carbocycles. The first-order chi connectivity index (χ1) is 4.19. The van der Waals surface area contributed by atoms with Crippen LogP contribution in [0.2, 0.25) is 0 Å². The van der Waals surface area contributed by atoms with Gasteiger partial charge in [0, 0.05) is 6.08 Å². The van der Waals surface area contributed by atoms with Crippen molar-refractivity contribution >= 4 is 17.4 Å². The number of hydrogen-bond acceptors (Lipinski definition) is 2. The highest BCUT2D eigenvalue weighted by Gasteiger charge is 2.35. The van der Waals surface area contributed by atoms with Crippen LogP contribution in [0.1, 0.15) is 6.92 Å². The Kier molecular flexibility index (Phi) is 1.49. The summed E-state index contributed by atoms with van der Waals surface area (Å²) in [6, 6.07) is 0. The molecule has 0 saturated carbocycles. The fourth-order valence-corrected chi connectivity index (χ4v) is 0.772. The van der Waals surface area contributed by atoms with Crippen LogP contribution in [0.3, 0.4) is 0 Å². The SMILES string of the molecule is CC1(CCl)OC=CC1=O. The molecule has 3 heteroatoms. The van der Waals surface area contributed by atoms with Crippen LogP contribution in [-0.2, 0) is 9.53 Å². The van der Waals surface area contributed by atoms with E-state index in [4.69, 9.17) is 16.3 Å². The predicted octanol–water partition coefficient (Wildman–Crippen LogP) is 1.10. The van der Waals surface area contributed by atoms with Crippen molar-refractivity contribution in [1.29, 1.82) is 0 Å². The highest BCUT2D eigenvalue weighted by atomic mass is 35.5. The molecule has 2 nitrogen and oxygen atoms in total. The number of ketones is 1. The van der Waals surface area contributed by atoms with E-state index in [0.29, 0.717) is 0 Å². The van der Waals surface area contributed by atoms with Crippen LogP contribution in [0.15, 0.2) is 12.3 Å². The molecule has 1 aliphatic rings. The van der Waals surface area contributed by atoms with Gasteiger partial charge < -0.3 is 4.74 Å². The lowest BCUT2D eigenvalue weighted by molar-refractivity contribution is -0.126. The minimum Gasteiger partial charge on any atom is -0.486 e. The summed E-state index contributed by atoms with van der Waals surface area (Å²) >= 11 is 5.46. The third-order valence-electron chi connectivity index (χ3n) is 1.32. The minimum atomic E-state index is -0.790. The molecule has 0 amide bonds. The lowest BCUT2D eigenvalue weighted by Crippen LogP contribution is -2.34. The molecule has 0 aromatic rings. The van der Waals surface area contributed by atoms with Gasteiger partial charge in [-0.3, -0.25) is 4.79 Å². The highest BCUT2D eigenvalue weighted by molar-refractivity contribution is 6.21. The summed E-state index contributed by atoms with van der Waals surface area (Å²) in [6.07, 6.45) is 2.77. The maximum Gasteiger partial charge on any atom is 0.203 e. The first kappa shape index (κ1) is 6.62. The van der Waals surface area contributed by atoms with Crippen molar-refractivity contribution in [2.24, 2.45) is 0 Å². The van der Waals surface area contributed by atoms with Crippen LogP contribution in [-0.4, -0.2) is 17.3 Å². The van der Waals surface area contributed by atoms with Crippen LogP contribution in [0.5, 0.6) is 0 Å². The van der Waals surface area contributed by atoms with Gasteiger partial charge in [-0.05, 0) is 6.92 Å². The Morgan fingerprint density at radius 3 is 2.78 bits per heavy atom. The number of carbonyl (C=O) groups is 1. The molecule has 0 bridgehead atoms. The Hall–Kier alpha value is -0.500. The minimum absolute atomic E-state index is 0.0579. The molecular weight excluding hydrogens is 140 g/mol. The van der Waals surface area contributed by atoms with Crippen molar-refractivity contribution in [2.45, 2.75) is 12.5 Å². The van der Waals surface area contributed by atoms with Crippen molar-refractivity contribution in [3.8, 4) is 0 Å². The molecule has 1 atom stereocenters. The van der Waals surface area contributed by atoms with Gasteiger partial charge in [0.05, 0.1) is 12.1 Å². The highest BCUT2D eigenvalue weighted by Crippen LogP contribution is 2.20. The fourth-order valence-electron chi connectivity index (χ4n) is 0.578.